The molecule has 3 aromatic rings. The first-order valence-corrected chi connectivity index (χ1v) is 11.3. The quantitative estimate of drug-likeness (QED) is 0.460. The van der Waals surface area contributed by atoms with Gasteiger partial charge in [0.05, 0.1) is 0 Å². The Morgan fingerprint density at radius 3 is 2.53 bits per heavy atom. The lowest BCUT2D eigenvalue weighted by Crippen LogP contribution is -2.16. The summed E-state index contributed by atoms with van der Waals surface area (Å²) in [6, 6.07) is 24.0. The minimum Gasteiger partial charge on any atom is -0.294 e. The van der Waals surface area contributed by atoms with Crippen LogP contribution in [0.4, 0.5) is 0 Å². The van der Waals surface area contributed by atoms with Crippen LogP contribution < -0.4 is 0 Å². The molecule has 5 rings (SSSR count). The highest BCUT2D eigenvalue weighted by molar-refractivity contribution is 5.99. The highest BCUT2D eigenvalue weighted by atomic mass is 16.1. The summed E-state index contributed by atoms with van der Waals surface area (Å²) < 4.78 is 0. The summed E-state index contributed by atoms with van der Waals surface area (Å²) in [7, 11) is 0. The molecule has 3 aromatic carbocycles. The van der Waals surface area contributed by atoms with Crippen LogP contribution in [0.15, 0.2) is 72.3 Å². The van der Waals surface area contributed by atoms with E-state index < -0.39 is 0 Å². The van der Waals surface area contributed by atoms with Crippen molar-refractivity contribution in [2.24, 2.45) is 0 Å². The van der Waals surface area contributed by atoms with Gasteiger partial charge < -0.3 is 0 Å². The minimum atomic E-state index is 0.279. The van der Waals surface area contributed by atoms with Gasteiger partial charge in [0.15, 0.2) is 5.78 Å². The predicted octanol–water partition coefficient (Wildman–Crippen LogP) is 6.93. The molecule has 0 N–H and O–H groups in total. The summed E-state index contributed by atoms with van der Waals surface area (Å²) in [6.07, 6.45) is 8.09. The van der Waals surface area contributed by atoms with Crippen molar-refractivity contribution < 1.29 is 4.79 Å². The summed E-state index contributed by atoms with van der Waals surface area (Å²) in [5.74, 6) is 0.606. The third kappa shape index (κ3) is 3.43. The number of allylic oxidation sites excluding steroid dienone is 1. The molecule has 150 valence electrons. The number of carbonyl (C=O) groups excluding carboxylic acids is 1. The van der Waals surface area contributed by atoms with E-state index in [1.54, 1.807) is 0 Å². The smallest absolute Gasteiger partial charge is 0.163 e. The summed E-state index contributed by atoms with van der Waals surface area (Å²) in [4.78, 5) is 12.9. The number of ketones is 1. The first-order valence-electron chi connectivity index (χ1n) is 11.3. The van der Waals surface area contributed by atoms with Crippen molar-refractivity contribution >= 4 is 11.9 Å². The van der Waals surface area contributed by atoms with Gasteiger partial charge in [0.1, 0.15) is 0 Å². The van der Waals surface area contributed by atoms with E-state index in [-0.39, 0.29) is 5.92 Å². The number of carbonyl (C=O) groups is 1. The van der Waals surface area contributed by atoms with Crippen molar-refractivity contribution in [2.45, 2.75) is 51.4 Å². The van der Waals surface area contributed by atoms with Gasteiger partial charge in [0, 0.05) is 17.9 Å². The van der Waals surface area contributed by atoms with Gasteiger partial charge in [-0.15, -0.1) is 0 Å². The molecule has 1 heteroatoms. The fourth-order valence-electron chi connectivity index (χ4n) is 5.26. The Balaban J connectivity index is 1.58. The molecule has 0 amide bonds. The molecule has 0 aromatic heterocycles. The molecule has 1 nitrogen and oxygen atoms in total. The molecule has 1 unspecified atom stereocenters. The van der Waals surface area contributed by atoms with Crippen LogP contribution in [0.1, 0.15) is 75.8 Å². The summed E-state index contributed by atoms with van der Waals surface area (Å²) in [5.41, 5.74) is 10.5. The van der Waals surface area contributed by atoms with Gasteiger partial charge in [-0.1, -0.05) is 79.2 Å². The third-order valence-electron chi connectivity index (χ3n) is 6.78. The molecular weight excluding hydrogens is 364 g/mol. The van der Waals surface area contributed by atoms with Gasteiger partial charge >= 0.3 is 0 Å². The maximum Gasteiger partial charge on any atom is 0.163 e. The molecule has 0 saturated heterocycles. The maximum absolute atomic E-state index is 12.9. The number of Topliss-reactive ketones (excluding diaryl/α,β-unsaturated/α-hetero) is 1. The first-order chi connectivity index (χ1) is 14.7. The second-order valence-corrected chi connectivity index (χ2v) is 8.60. The zero-order valence-electron chi connectivity index (χ0n) is 17.7. The van der Waals surface area contributed by atoms with Crippen LogP contribution in [-0.4, -0.2) is 5.78 Å². The third-order valence-corrected chi connectivity index (χ3v) is 6.78. The number of aryl methyl sites for hydroxylation is 2. The van der Waals surface area contributed by atoms with Gasteiger partial charge in [0.2, 0.25) is 0 Å². The van der Waals surface area contributed by atoms with E-state index in [1.807, 2.05) is 0 Å². The summed E-state index contributed by atoms with van der Waals surface area (Å²) in [6.45, 7) is 2.24. The number of hydrogen-bond donors (Lipinski definition) is 0. The zero-order chi connectivity index (χ0) is 20.5. The van der Waals surface area contributed by atoms with Gasteiger partial charge in [-0.25, -0.2) is 0 Å². The first kappa shape index (κ1) is 19.1. The largest absolute Gasteiger partial charge is 0.294 e. The Kier molecular flexibility index (Phi) is 5.12. The van der Waals surface area contributed by atoms with Crippen molar-refractivity contribution in [1.82, 2.24) is 0 Å². The van der Waals surface area contributed by atoms with Crippen molar-refractivity contribution in [3.8, 4) is 0 Å². The molecule has 30 heavy (non-hydrogen) atoms. The van der Waals surface area contributed by atoms with Crippen molar-refractivity contribution in [1.29, 1.82) is 0 Å². The lowest BCUT2D eigenvalue weighted by atomic mass is 9.79. The number of rotatable bonds is 5. The molecule has 0 bridgehead atoms. The maximum atomic E-state index is 12.9. The lowest BCUT2D eigenvalue weighted by molar-refractivity contribution is 0.0972. The van der Waals surface area contributed by atoms with E-state index in [9.17, 15) is 4.79 Å². The Bertz CT molecular complexity index is 1120. The normalized spacial score (nSPS) is 17.4. The van der Waals surface area contributed by atoms with Crippen LogP contribution in [0.5, 0.6) is 0 Å². The number of fused-ring (bicyclic) bond motifs is 2. The molecule has 1 atom stereocenters. The average Bonchev–Trinajstić information content (AvgIpc) is 3.17. The fourth-order valence-corrected chi connectivity index (χ4v) is 5.26. The van der Waals surface area contributed by atoms with E-state index in [1.165, 1.54) is 39.0 Å². The van der Waals surface area contributed by atoms with Crippen LogP contribution in [0.2, 0.25) is 0 Å². The van der Waals surface area contributed by atoms with E-state index in [0.717, 1.165) is 37.7 Å². The average molecular weight is 393 g/mol. The van der Waals surface area contributed by atoms with Crippen molar-refractivity contribution in [2.75, 3.05) is 0 Å². The molecule has 2 aliphatic rings. The minimum absolute atomic E-state index is 0.279. The zero-order valence-corrected chi connectivity index (χ0v) is 17.7. The van der Waals surface area contributed by atoms with Crippen LogP contribution >= 0.6 is 0 Å². The van der Waals surface area contributed by atoms with Gasteiger partial charge in [0.25, 0.3) is 0 Å². The molecule has 0 heterocycles. The molecule has 0 radical (unpaired) electrons. The molecule has 0 fully saturated rings. The second-order valence-electron chi connectivity index (χ2n) is 8.60. The molecule has 2 aliphatic carbocycles. The van der Waals surface area contributed by atoms with Crippen LogP contribution in [0.25, 0.3) is 6.08 Å². The van der Waals surface area contributed by atoms with Crippen LogP contribution in [0.3, 0.4) is 0 Å². The van der Waals surface area contributed by atoms with Gasteiger partial charge in [-0.2, -0.15) is 0 Å². The predicted molar refractivity (Wildman–Crippen MR) is 124 cm³/mol. The molecule has 0 saturated carbocycles. The lowest BCUT2D eigenvalue weighted by Gasteiger charge is -2.24. The van der Waals surface area contributed by atoms with E-state index >= 15 is 0 Å². The van der Waals surface area contributed by atoms with Gasteiger partial charge in [-0.3, -0.25) is 4.79 Å². The Labute approximate surface area is 179 Å². The monoisotopic (exact) mass is 392 g/mol. The van der Waals surface area contributed by atoms with E-state index in [0.29, 0.717) is 12.2 Å². The van der Waals surface area contributed by atoms with Gasteiger partial charge in [-0.05, 0) is 71.6 Å². The van der Waals surface area contributed by atoms with Crippen LogP contribution in [0, 0.1) is 0 Å². The Morgan fingerprint density at radius 1 is 0.900 bits per heavy atom. The summed E-state index contributed by atoms with van der Waals surface area (Å²) in [5, 5.41) is 0. The standard InChI is InChI=1S/C29H28O/c1-2-21-17-22-11-6-7-12-26(22)29(21)24-18-23(16-15-20-9-4-3-5-10-20)25-13-8-14-28(30)27(25)19-24/h3-7,9-12,17-19,29H,2,8,13-16H2,1H3. The molecule has 0 aliphatic heterocycles. The Hall–Kier alpha value is -2.93. The number of benzene rings is 3. The van der Waals surface area contributed by atoms with E-state index in [4.69, 9.17) is 0 Å². The van der Waals surface area contributed by atoms with Crippen LogP contribution in [-0.2, 0) is 19.3 Å². The fraction of sp³-hybridized carbons (Fsp3) is 0.276. The van der Waals surface area contributed by atoms with Crippen molar-refractivity contribution in [3.63, 3.8) is 0 Å². The second kappa shape index (κ2) is 8.07. The van der Waals surface area contributed by atoms with Crippen molar-refractivity contribution in [3.05, 3.63) is 111 Å². The highest BCUT2D eigenvalue weighted by Crippen LogP contribution is 2.43. The highest BCUT2D eigenvalue weighted by Gasteiger charge is 2.28. The molecular formula is C29H28O. The molecule has 0 spiro atoms. The summed E-state index contributed by atoms with van der Waals surface area (Å²) >= 11 is 0. The topological polar surface area (TPSA) is 17.1 Å². The SMILES string of the molecule is CCC1=Cc2ccccc2C1c1cc(CCc2ccccc2)c2c(c1)C(=O)CCC2. The van der Waals surface area contributed by atoms with E-state index in [2.05, 4.69) is 79.7 Å². The Morgan fingerprint density at radius 2 is 1.70 bits per heavy atom. The number of hydrogen-bond acceptors (Lipinski definition) is 1.